The van der Waals surface area contributed by atoms with Crippen LogP contribution in [0.1, 0.15) is 21.6 Å². The van der Waals surface area contributed by atoms with E-state index in [0.717, 1.165) is 23.3 Å². The van der Waals surface area contributed by atoms with Gasteiger partial charge in [-0.3, -0.25) is 14.9 Å². The number of carbonyl (C=O) groups excluding carboxylic acids is 1. The molecule has 3 aromatic carbocycles. The summed E-state index contributed by atoms with van der Waals surface area (Å²) >= 11 is 0. The van der Waals surface area contributed by atoms with Crippen LogP contribution in [-0.2, 0) is 6.73 Å². The third kappa shape index (κ3) is 6.00. The second kappa shape index (κ2) is 10.2. The van der Waals surface area contributed by atoms with Crippen molar-refractivity contribution in [1.29, 1.82) is 0 Å². The number of aryl methyl sites for hydroxylation is 2. The van der Waals surface area contributed by atoms with E-state index in [9.17, 15) is 23.7 Å². The van der Waals surface area contributed by atoms with Gasteiger partial charge in [-0.15, -0.1) is 0 Å². The van der Waals surface area contributed by atoms with Crippen molar-refractivity contribution in [2.75, 3.05) is 5.32 Å². The third-order valence-electron chi connectivity index (χ3n) is 4.91. The molecule has 0 aliphatic heterocycles. The van der Waals surface area contributed by atoms with E-state index in [1.54, 1.807) is 12.1 Å². The van der Waals surface area contributed by atoms with E-state index in [4.69, 9.17) is 9.47 Å². The Bertz CT molecular complexity index is 1430. The molecule has 0 saturated carbocycles. The molecule has 1 amide bonds. The number of nitrogens with one attached hydrogen (secondary N) is 1. The van der Waals surface area contributed by atoms with Gasteiger partial charge in [-0.05, 0) is 55.3 Å². The van der Waals surface area contributed by atoms with Crippen LogP contribution in [-0.4, -0.2) is 20.6 Å². The Kier molecular flexibility index (Phi) is 6.91. The monoisotopic (exact) mass is 494 g/mol. The summed E-state index contributed by atoms with van der Waals surface area (Å²) in [6.45, 7) is 3.57. The number of rotatable bonds is 8. The maximum absolute atomic E-state index is 13.7. The average Bonchev–Trinajstić information content (AvgIpc) is 3.27. The normalized spacial score (nSPS) is 10.7. The van der Waals surface area contributed by atoms with E-state index < -0.39 is 22.5 Å². The third-order valence-corrected chi connectivity index (χ3v) is 4.91. The van der Waals surface area contributed by atoms with Crippen molar-refractivity contribution in [1.82, 2.24) is 9.78 Å². The minimum absolute atomic E-state index is 0.0125. The van der Waals surface area contributed by atoms with Crippen LogP contribution >= 0.6 is 0 Å². The van der Waals surface area contributed by atoms with Crippen molar-refractivity contribution in [3.8, 4) is 17.2 Å². The zero-order valence-corrected chi connectivity index (χ0v) is 19.2. The van der Waals surface area contributed by atoms with Crippen LogP contribution in [0.4, 0.5) is 20.2 Å². The van der Waals surface area contributed by atoms with E-state index in [0.29, 0.717) is 11.8 Å². The molecule has 0 aliphatic carbocycles. The van der Waals surface area contributed by atoms with Crippen molar-refractivity contribution in [3.05, 3.63) is 105 Å². The van der Waals surface area contributed by atoms with E-state index in [2.05, 4.69) is 10.4 Å². The summed E-state index contributed by atoms with van der Waals surface area (Å²) < 4.78 is 39.0. The number of halogens is 2. The van der Waals surface area contributed by atoms with Crippen LogP contribution < -0.4 is 14.8 Å². The molecule has 1 aromatic heterocycles. The summed E-state index contributed by atoms with van der Waals surface area (Å²) in [6, 6.07) is 13.7. The van der Waals surface area contributed by atoms with E-state index >= 15 is 0 Å². The van der Waals surface area contributed by atoms with Gasteiger partial charge < -0.3 is 14.8 Å². The molecular weight excluding hydrogens is 474 g/mol. The predicted octanol–water partition coefficient (Wildman–Crippen LogP) is 5.77. The molecule has 0 spiro atoms. The van der Waals surface area contributed by atoms with Gasteiger partial charge in [0.2, 0.25) is 0 Å². The van der Waals surface area contributed by atoms with Crippen LogP contribution in [0, 0.1) is 35.6 Å². The van der Waals surface area contributed by atoms with Crippen molar-refractivity contribution in [3.63, 3.8) is 0 Å². The Morgan fingerprint density at radius 1 is 1.03 bits per heavy atom. The Balaban J connectivity index is 1.48. The van der Waals surface area contributed by atoms with Crippen molar-refractivity contribution in [2.45, 2.75) is 20.6 Å². The number of nitro benzene ring substituents is 1. The van der Waals surface area contributed by atoms with Gasteiger partial charge in [0.05, 0.1) is 16.7 Å². The molecule has 9 nitrogen and oxygen atoms in total. The number of hydrogen-bond donors (Lipinski definition) is 1. The number of ether oxygens (including phenoxy) is 2. The molecule has 0 atom stereocenters. The molecule has 0 radical (unpaired) electrons. The average molecular weight is 494 g/mol. The Hall–Kier alpha value is -4.80. The van der Waals surface area contributed by atoms with Gasteiger partial charge in [0, 0.05) is 24.4 Å². The van der Waals surface area contributed by atoms with Crippen LogP contribution in [0.25, 0.3) is 0 Å². The highest BCUT2D eigenvalue weighted by Gasteiger charge is 2.16. The highest BCUT2D eigenvalue weighted by atomic mass is 19.1. The first-order chi connectivity index (χ1) is 17.2. The van der Waals surface area contributed by atoms with Gasteiger partial charge in [0.15, 0.2) is 24.0 Å². The molecule has 0 aliphatic rings. The van der Waals surface area contributed by atoms with Gasteiger partial charge >= 0.3 is 0 Å². The number of nitrogens with zero attached hydrogens (tertiary/aromatic N) is 3. The fourth-order valence-electron chi connectivity index (χ4n) is 3.43. The second-order valence-corrected chi connectivity index (χ2v) is 7.94. The number of carbonyl (C=O) groups is 1. The molecule has 0 fully saturated rings. The van der Waals surface area contributed by atoms with Gasteiger partial charge in [0.1, 0.15) is 17.3 Å². The zero-order chi connectivity index (χ0) is 25.8. The highest BCUT2D eigenvalue weighted by Crippen LogP contribution is 2.31. The lowest BCUT2D eigenvalue weighted by Crippen LogP contribution is -2.14. The first-order valence-corrected chi connectivity index (χ1v) is 10.6. The lowest BCUT2D eigenvalue weighted by atomic mass is 10.1. The van der Waals surface area contributed by atoms with Crippen LogP contribution in [0.3, 0.4) is 0 Å². The van der Waals surface area contributed by atoms with Crippen LogP contribution in [0.5, 0.6) is 17.2 Å². The molecule has 4 aromatic rings. The first-order valence-electron chi connectivity index (χ1n) is 10.6. The first kappa shape index (κ1) is 24.3. The maximum atomic E-state index is 13.7. The second-order valence-electron chi connectivity index (χ2n) is 7.94. The number of amides is 1. The Morgan fingerprint density at radius 3 is 2.44 bits per heavy atom. The van der Waals surface area contributed by atoms with Crippen molar-refractivity contribution < 1.29 is 28.0 Å². The number of benzene rings is 3. The molecular formula is C25H20F2N4O5. The predicted molar refractivity (Wildman–Crippen MR) is 126 cm³/mol. The van der Waals surface area contributed by atoms with E-state index in [1.807, 2.05) is 19.9 Å². The minimum atomic E-state index is -0.871. The largest absolute Gasteiger partial charge is 0.468 e. The minimum Gasteiger partial charge on any atom is -0.468 e. The molecule has 1 heterocycles. The summed E-state index contributed by atoms with van der Waals surface area (Å²) in [7, 11) is 0. The molecule has 36 heavy (non-hydrogen) atoms. The summed E-state index contributed by atoms with van der Waals surface area (Å²) in [6.07, 6.45) is 1.43. The highest BCUT2D eigenvalue weighted by molar-refractivity contribution is 6.03. The fraction of sp³-hybridized carbons (Fsp3) is 0.120. The molecule has 4 rings (SSSR count). The van der Waals surface area contributed by atoms with Crippen LogP contribution in [0.15, 0.2) is 66.9 Å². The van der Waals surface area contributed by atoms with Crippen molar-refractivity contribution in [2.24, 2.45) is 0 Å². The number of non-ortho nitro benzene ring substituents is 1. The smallest absolute Gasteiger partial charge is 0.276 e. The summed E-state index contributed by atoms with van der Waals surface area (Å²) in [4.78, 5) is 23.5. The molecule has 184 valence electrons. The number of hydrogen-bond acceptors (Lipinski definition) is 6. The molecule has 0 unspecified atom stereocenters. The number of anilines is 1. The lowest BCUT2D eigenvalue weighted by molar-refractivity contribution is -0.384. The Labute approximate surface area is 204 Å². The van der Waals surface area contributed by atoms with Crippen molar-refractivity contribution >= 4 is 17.3 Å². The van der Waals surface area contributed by atoms with Gasteiger partial charge in [0.25, 0.3) is 11.6 Å². The van der Waals surface area contributed by atoms with E-state index in [-0.39, 0.29) is 35.3 Å². The summed E-state index contributed by atoms with van der Waals surface area (Å²) in [5.41, 5.74) is 1.78. The van der Waals surface area contributed by atoms with Gasteiger partial charge in [-0.25, -0.2) is 13.5 Å². The molecule has 0 saturated heterocycles. The van der Waals surface area contributed by atoms with Gasteiger partial charge in [-0.1, -0.05) is 6.07 Å². The SMILES string of the molecule is Cc1cc(C)cc(Oc2cc(NC(=O)c3ccn(COc4ccc(F)cc4F)n3)cc([N+](=O)[O-])c2)c1. The zero-order valence-electron chi connectivity index (χ0n) is 19.2. The quantitative estimate of drug-likeness (QED) is 0.246. The number of aromatic nitrogens is 2. The summed E-state index contributed by atoms with van der Waals surface area (Å²) in [5, 5.41) is 18.0. The van der Waals surface area contributed by atoms with E-state index in [1.165, 1.54) is 35.1 Å². The molecule has 0 bridgehead atoms. The summed E-state index contributed by atoms with van der Waals surface area (Å²) in [5.74, 6) is -1.75. The fourth-order valence-corrected chi connectivity index (χ4v) is 3.43. The maximum Gasteiger partial charge on any atom is 0.276 e. The topological polar surface area (TPSA) is 109 Å². The molecule has 1 N–H and O–H groups in total. The molecule has 11 heteroatoms. The van der Waals surface area contributed by atoms with Gasteiger partial charge in [-0.2, -0.15) is 5.10 Å². The lowest BCUT2D eigenvalue weighted by Gasteiger charge is -2.10. The Morgan fingerprint density at radius 2 is 1.75 bits per heavy atom. The van der Waals surface area contributed by atoms with Crippen LogP contribution in [0.2, 0.25) is 0 Å². The number of nitro groups is 1. The standard InChI is InChI=1S/C25H20F2N4O5/c1-15-7-16(2)9-20(8-15)36-21-12-18(11-19(13-21)31(33)34)28-25(32)23-5-6-30(29-23)14-35-24-4-3-17(26)10-22(24)27/h3-13H,14H2,1-2H3,(H,28,32).